The Kier molecular flexibility index (Phi) is 7.99. The van der Waals surface area contributed by atoms with Crippen LogP contribution in [0.5, 0.6) is 0 Å². The number of halogens is 2. The van der Waals surface area contributed by atoms with E-state index in [9.17, 15) is 9.59 Å². The molecular weight excluding hydrogens is 325 g/mol. The van der Waals surface area contributed by atoms with Gasteiger partial charge in [0.25, 0.3) is 5.91 Å². The number of benzene rings is 1. The molecule has 0 bridgehead atoms. The van der Waals surface area contributed by atoms with E-state index in [1.54, 1.807) is 18.2 Å². The van der Waals surface area contributed by atoms with Gasteiger partial charge in [-0.15, -0.1) is 0 Å². The van der Waals surface area contributed by atoms with Gasteiger partial charge in [-0.2, -0.15) is 0 Å². The summed E-state index contributed by atoms with van der Waals surface area (Å²) in [6, 6.07) is 5.15. The van der Waals surface area contributed by atoms with Crippen molar-refractivity contribution in [2.45, 2.75) is 32.7 Å². The maximum absolute atomic E-state index is 11.6. The first-order valence-electron chi connectivity index (χ1n) is 7.06. The van der Waals surface area contributed by atoms with Crippen LogP contribution in [-0.2, 0) is 14.3 Å². The van der Waals surface area contributed by atoms with Gasteiger partial charge in [-0.3, -0.25) is 4.79 Å². The number of amides is 1. The predicted octanol–water partition coefficient (Wildman–Crippen LogP) is 3.85. The second kappa shape index (κ2) is 9.49. The number of hydrogen-bond acceptors (Lipinski definition) is 3. The zero-order valence-corrected chi connectivity index (χ0v) is 14.1. The van der Waals surface area contributed by atoms with Gasteiger partial charge in [-0.1, -0.05) is 43.1 Å². The molecule has 22 heavy (non-hydrogen) atoms. The van der Waals surface area contributed by atoms with Crippen molar-refractivity contribution in [3.8, 4) is 0 Å². The van der Waals surface area contributed by atoms with Crippen LogP contribution in [0.25, 0.3) is 6.08 Å². The molecule has 0 aliphatic carbocycles. The number of carbonyl (C=O) groups is 2. The Balaban J connectivity index is 2.50. The second-order valence-electron chi connectivity index (χ2n) is 4.66. The van der Waals surface area contributed by atoms with Gasteiger partial charge in [-0.25, -0.2) is 4.79 Å². The molecule has 120 valence electrons. The third-order valence-corrected chi connectivity index (χ3v) is 3.74. The molecule has 1 aromatic rings. The first-order chi connectivity index (χ1) is 10.5. The lowest BCUT2D eigenvalue weighted by molar-refractivity contribution is -0.144. The largest absolute Gasteiger partial charge is 0.452 e. The van der Waals surface area contributed by atoms with Crippen molar-refractivity contribution >= 4 is 41.2 Å². The highest BCUT2D eigenvalue weighted by Crippen LogP contribution is 2.25. The summed E-state index contributed by atoms with van der Waals surface area (Å²) >= 11 is 12.0. The highest BCUT2D eigenvalue weighted by atomic mass is 35.5. The van der Waals surface area contributed by atoms with Crippen LogP contribution in [0.3, 0.4) is 0 Å². The van der Waals surface area contributed by atoms with E-state index in [2.05, 4.69) is 5.32 Å². The van der Waals surface area contributed by atoms with E-state index in [0.29, 0.717) is 15.6 Å². The molecular formula is C16H19Cl2NO3. The Morgan fingerprint density at radius 1 is 1.23 bits per heavy atom. The number of nitrogens with one attached hydrogen (secondary N) is 1. The third-order valence-electron chi connectivity index (χ3n) is 3.08. The van der Waals surface area contributed by atoms with Gasteiger partial charge in [0.2, 0.25) is 0 Å². The van der Waals surface area contributed by atoms with E-state index < -0.39 is 5.97 Å². The number of rotatable bonds is 7. The van der Waals surface area contributed by atoms with Gasteiger partial charge in [0.05, 0.1) is 0 Å². The van der Waals surface area contributed by atoms with E-state index in [1.807, 2.05) is 13.8 Å². The normalized spacial score (nSPS) is 11.0. The molecule has 0 fully saturated rings. The first-order valence-corrected chi connectivity index (χ1v) is 7.81. The van der Waals surface area contributed by atoms with Crippen LogP contribution in [0.15, 0.2) is 24.3 Å². The summed E-state index contributed by atoms with van der Waals surface area (Å²) in [4.78, 5) is 23.2. The fraction of sp³-hybridized carbons (Fsp3) is 0.375. The summed E-state index contributed by atoms with van der Waals surface area (Å²) in [7, 11) is 0. The summed E-state index contributed by atoms with van der Waals surface area (Å²) in [6.45, 7) is 3.66. The summed E-state index contributed by atoms with van der Waals surface area (Å²) < 4.78 is 4.87. The molecule has 0 unspecified atom stereocenters. The van der Waals surface area contributed by atoms with Crippen molar-refractivity contribution in [1.29, 1.82) is 0 Å². The van der Waals surface area contributed by atoms with Crippen LogP contribution >= 0.6 is 23.2 Å². The van der Waals surface area contributed by atoms with Crippen molar-refractivity contribution in [3.05, 3.63) is 39.9 Å². The molecule has 0 aliphatic rings. The second-order valence-corrected chi connectivity index (χ2v) is 5.47. The molecule has 0 heterocycles. The van der Waals surface area contributed by atoms with Crippen LogP contribution in [-0.4, -0.2) is 24.5 Å². The Bertz CT molecular complexity index is 534. The molecule has 0 aromatic heterocycles. The van der Waals surface area contributed by atoms with E-state index in [4.69, 9.17) is 27.9 Å². The van der Waals surface area contributed by atoms with Gasteiger partial charge < -0.3 is 10.1 Å². The fourth-order valence-corrected chi connectivity index (χ4v) is 2.29. The molecule has 1 N–H and O–H groups in total. The maximum atomic E-state index is 11.6. The molecule has 0 saturated heterocycles. The summed E-state index contributed by atoms with van der Waals surface area (Å²) in [5, 5.41) is 3.65. The van der Waals surface area contributed by atoms with Crippen LogP contribution in [0.4, 0.5) is 0 Å². The minimum Gasteiger partial charge on any atom is -0.452 e. The minimum atomic E-state index is -0.629. The average molecular weight is 344 g/mol. The van der Waals surface area contributed by atoms with Crippen LogP contribution in [0.2, 0.25) is 10.0 Å². The molecule has 1 aromatic carbocycles. The van der Waals surface area contributed by atoms with Crippen molar-refractivity contribution in [2.24, 2.45) is 0 Å². The van der Waals surface area contributed by atoms with Crippen molar-refractivity contribution in [3.63, 3.8) is 0 Å². The Morgan fingerprint density at radius 3 is 2.36 bits per heavy atom. The molecule has 4 nitrogen and oxygen atoms in total. The molecule has 6 heteroatoms. The number of ether oxygens (including phenoxy) is 1. The minimum absolute atomic E-state index is 0.101. The van der Waals surface area contributed by atoms with Gasteiger partial charge in [-0.05, 0) is 31.1 Å². The van der Waals surface area contributed by atoms with Crippen molar-refractivity contribution in [2.75, 3.05) is 6.61 Å². The van der Waals surface area contributed by atoms with E-state index in [0.717, 1.165) is 12.8 Å². The number of esters is 1. The molecule has 0 saturated carbocycles. The van der Waals surface area contributed by atoms with Crippen LogP contribution in [0, 0.1) is 0 Å². The van der Waals surface area contributed by atoms with Crippen molar-refractivity contribution in [1.82, 2.24) is 5.32 Å². The van der Waals surface area contributed by atoms with E-state index >= 15 is 0 Å². The Morgan fingerprint density at radius 2 is 1.82 bits per heavy atom. The number of hydrogen-bond donors (Lipinski definition) is 1. The highest BCUT2D eigenvalue weighted by molar-refractivity contribution is 6.37. The average Bonchev–Trinajstić information content (AvgIpc) is 2.50. The van der Waals surface area contributed by atoms with Gasteiger partial charge >= 0.3 is 5.97 Å². The van der Waals surface area contributed by atoms with Gasteiger partial charge in [0.15, 0.2) is 6.61 Å². The molecule has 0 radical (unpaired) electrons. The SMILES string of the molecule is CCC(CC)NC(=O)COC(=O)/C=C/c1c(Cl)cccc1Cl. The molecule has 0 aliphatic heterocycles. The number of carbonyl (C=O) groups excluding carboxylic acids is 2. The zero-order valence-electron chi connectivity index (χ0n) is 12.6. The monoisotopic (exact) mass is 343 g/mol. The quantitative estimate of drug-likeness (QED) is 0.604. The lowest BCUT2D eigenvalue weighted by atomic mass is 10.2. The lowest BCUT2D eigenvalue weighted by Crippen LogP contribution is -2.36. The lowest BCUT2D eigenvalue weighted by Gasteiger charge is -2.14. The highest BCUT2D eigenvalue weighted by Gasteiger charge is 2.10. The molecule has 1 amide bonds. The van der Waals surface area contributed by atoms with Crippen LogP contribution < -0.4 is 5.32 Å². The molecule has 0 spiro atoms. The standard InChI is InChI=1S/C16H19Cl2NO3/c1-3-11(4-2)19-15(20)10-22-16(21)9-8-12-13(17)6-5-7-14(12)18/h5-9,11H,3-4,10H2,1-2H3,(H,19,20)/b9-8+. The summed E-state index contributed by atoms with van der Waals surface area (Å²) in [5.41, 5.74) is 0.532. The zero-order chi connectivity index (χ0) is 16.5. The maximum Gasteiger partial charge on any atom is 0.331 e. The Hall–Kier alpha value is -1.52. The summed E-state index contributed by atoms with van der Waals surface area (Å²) in [5.74, 6) is -0.943. The molecule has 0 atom stereocenters. The van der Waals surface area contributed by atoms with Crippen LogP contribution in [0.1, 0.15) is 32.3 Å². The fourth-order valence-electron chi connectivity index (χ4n) is 1.77. The third kappa shape index (κ3) is 6.08. The molecule has 1 rings (SSSR count). The van der Waals surface area contributed by atoms with E-state index in [1.165, 1.54) is 12.2 Å². The Labute approximate surface area is 140 Å². The topological polar surface area (TPSA) is 55.4 Å². The summed E-state index contributed by atoms with van der Waals surface area (Å²) in [6.07, 6.45) is 4.32. The van der Waals surface area contributed by atoms with Crippen molar-refractivity contribution < 1.29 is 14.3 Å². The van der Waals surface area contributed by atoms with Gasteiger partial charge in [0.1, 0.15) is 0 Å². The first kappa shape index (κ1) is 18.5. The van der Waals surface area contributed by atoms with E-state index in [-0.39, 0.29) is 18.6 Å². The smallest absolute Gasteiger partial charge is 0.331 e. The predicted molar refractivity (Wildman–Crippen MR) is 89.0 cm³/mol. The van der Waals surface area contributed by atoms with Gasteiger partial charge in [0, 0.05) is 27.7 Å².